The lowest BCUT2D eigenvalue weighted by Gasteiger charge is -2.06. The van der Waals surface area contributed by atoms with Crippen LogP contribution in [-0.4, -0.2) is 16.1 Å². The molecule has 2 rings (SSSR count). The number of hydrogen-bond donors (Lipinski definition) is 1. The Balaban J connectivity index is 2.00. The van der Waals surface area contributed by atoms with Gasteiger partial charge in [0.2, 0.25) is 0 Å². The molecule has 0 saturated carbocycles. The van der Waals surface area contributed by atoms with Crippen molar-refractivity contribution >= 4 is 11.3 Å². The Labute approximate surface area is 126 Å². The second kappa shape index (κ2) is 7.04. The smallest absolute Gasteiger partial charge is 0.108 e. The van der Waals surface area contributed by atoms with Gasteiger partial charge in [0.05, 0.1) is 0 Å². The maximum Gasteiger partial charge on any atom is 0.108 e. The molecule has 0 aromatic carbocycles. The van der Waals surface area contributed by atoms with Gasteiger partial charge in [-0.1, -0.05) is 20.8 Å². The maximum absolute atomic E-state index is 4.39. The van der Waals surface area contributed by atoms with Crippen LogP contribution in [0.2, 0.25) is 0 Å². The number of rotatable bonds is 7. The van der Waals surface area contributed by atoms with Gasteiger partial charge in [0, 0.05) is 41.7 Å². The van der Waals surface area contributed by atoms with E-state index in [1.807, 2.05) is 17.5 Å². The summed E-state index contributed by atoms with van der Waals surface area (Å²) in [5.41, 5.74) is 1.42. The number of nitrogens with one attached hydrogen (secondary N) is 1. The van der Waals surface area contributed by atoms with Crippen LogP contribution in [0.25, 0.3) is 0 Å². The van der Waals surface area contributed by atoms with Gasteiger partial charge in [0.1, 0.15) is 5.82 Å². The highest BCUT2D eigenvalue weighted by Gasteiger charge is 2.08. The highest BCUT2D eigenvalue weighted by molar-refractivity contribution is 7.12. The van der Waals surface area contributed by atoms with Gasteiger partial charge in [0.15, 0.2) is 0 Å². The first-order valence-corrected chi connectivity index (χ1v) is 8.20. The molecule has 0 fully saturated rings. The summed E-state index contributed by atoms with van der Waals surface area (Å²) < 4.78 is 2.25. The van der Waals surface area contributed by atoms with Crippen molar-refractivity contribution in [3.63, 3.8) is 0 Å². The van der Waals surface area contributed by atoms with Crippen molar-refractivity contribution < 1.29 is 0 Å². The fourth-order valence-electron chi connectivity index (χ4n) is 2.30. The molecule has 0 radical (unpaired) electrons. The first kappa shape index (κ1) is 15.3. The molecule has 3 nitrogen and oxygen atoms in total. The standard InChI is InChI=1S/C16H25N3S/c1-5-16-18-6-7-19(16)11-14-8-15(20-13(14)4)10-17-9-12(2)3/h6-8,12,17H,5,9-11H2,1-4H3. The molecule has 2 heterocycles. The summed E-state index contributed by atoms with van der Waals surface area (Å²) in [7, 11) is 0. The van der Waals surface area contributed by atoms with E-state index < -0.39 is 0 Å². The molecular weight excluding hydrogens is 266 g/mol. The van der Waals surface area contributed by atoms with E-state index >= 15 is 0 Å². The molecule has 0 atom stereocenters. The van der Waals surface area contributed by atoms with E-state index in [0.717, 1.165) is 31.9 Å². The third kappa shape index (κ3) is 3.93. The number of hydrogen-bond acceptors (Lipinski definition) is 3. The summed E-state index contributed by atoms with van der Waals surface area (Å²) in [5.74, 6) is 1.86. The third-order valence-corrected chi connectivity index (χ3v) is 4.47. The highest BCUT2D eigenvalue weighted by Crippen LogP contribution is 2.23. The van der Waals surface area contributed by atoms with Crippen LogP contribution in [0.1, 0.15) is 41.9 Å². The molecule has 0 bridgehead atoms. The molecule has 1 N–H and O–H groups in total. The van der Waals surface area contributed by atoms with Crippen molar-refractivity contribution in [1.82, 2.24) is 14.9 Å². The largest absolute Gasteiger partial charge is 0.330 e. The fraction of sp³-hybridized carbons (Fsp3) is 0.562. The summed E-state index contributed by atoms with van der Waals surface area (Å²) in [4.78, 5) is 7.24. The van der Waals surface area contributed by atoms with Crippen LogP contribution in [0.4, 0.5) is 0 Å². The first-order chi connectivity index (χ1) is 9.60. The van der Waals surface area contributed by atoms with E-state index in [4.69, 9.17) is 0 Å². The van der Waals surface area contributed by atoms with E-state index in [2.05, 4.69) is 54.8 Å². The summed E-state index contributed by atoms with van der Waals surface area (Å²) in [6, 6.07) is 2.34. The van der Waals surface area contributed by atoms with Crippen LogP contribution in [0.3, 0.4) is 0 Å². The third-order valence-electron chi connectivity index (χ3n) is 3.38. The molecule has 0 spiro atoms. The van der Waals surface area contributed by atoms with E-state index in [9.17, 15) is 0 Å². The second-order valence-corrected chi connectivity index (χ2v) is 6.98. The lowest BCUT2D eigenvalue weighted by Crippen LogP contribution is -2.18. The SMILES string of the molecule is CCc1nccn1Cc1cc(CNCC(C)C)sc1C. The Hall–Kier alpha value is -1.13. The molecule has 4 heteroatoms. The molecule has 0 aliphatic carbocycles. The zero-order valence-electron chi connectivity index (χ0n) is 12.9. The van der Waals surface area contributed by atoms with Crippen molar-refractivity contribution in [2.45, 2.75) is 47.2 Å². The predicted octanol–water partition coefficient (Wildman–Crippen LogP) is 3.61. The van der Waals surface area contributed by atoms with Gasteiger partial charge in [-0.15, -0.1) is 11.3 Å². The van der Waals surface area contributed by atoms with Gasteiger partial charge < -0.3 is 9.88 Å². The van der Waals surface area contributed by atoms with Crippen LogP contribution in [0.5, 0.6) is 0 Å². The Morgan fingerprint density at radius 2 is 2.20 bits per heavy atom. The van der Waals surface area contributed by atoms with Crippen molar-refractivity contribution in [2.75, 3.05) is 6.54 Å². The van der Waals surface area contributed by atoms with Crippen LogP contribution in [-0.2, 0) is 19.5 Å². The number of aromatic nitrogens is 2. The molecule has 2 aromatic rings. The van der Waals surface area contributed by atoms with Crippen LogP contribution in [0.15, 0.2) is 18.5 Å². The Bertz CT molecular complexity index is 540. The fourth-order valence-corrected chi connectivity index (χ4v) is 3.32. The van der Waals surface area contributed by atoms with Crippen molar-refractivity contribution in [2.24, 2.45) is 5.92 Å². The quantitative estimate of drug-likeness (QED) is 0.844. The number of thiophene rings is 1. The molecule has 0 saturated heterocycles. The average molecular weight is 291 g/mol. The summed E-state index contributed by atoms with van der Waals surface area (Å²) in [5, 5.41) is 3.51. The van der Waals surface area contributed by atoms with Gasteiger partial charge in [0.25, 0.3) is 0 Å². The minimum absolute atomic E-state index is 0.702. The van der Waals surface area contributed by atoms with Gasteiger partial charge in [-0.2, -0.15) is 0 Å². The van der Waals surface area contributed by atoms with Crippen molar-refractivity contribution in [1.29, 1.82) is 0 Å². The average Bonchev–Trinajstić information content (AvgIpc) is 2.97. The van der Waals surface area contributed by atoms with Crippen molar-refractivity contribution in [3.8, 4) is 0 Å². The van der Waals surface area contributed by atoms with Gasteiger partial charge in [-0.3, -0.25) is 0 Å². The van der Waals surface area contributed by atoms with Crippen LogP contribution >= 0.6 is 11.3 Å². The molecule has 2 aromatic heterocycles. The molecule has 0 aliphatic heterocycles. The van der Waals surface area contributed by atoms with E-state index in [1.54, 1.807) is 0 Å². The Kier molecular flexibility index (Phi) is 5.38. The van der Waals surface area contributed by atoms with Gasteiger partial charge in [-0.05, 0) is 31.0 Å². The van der Waals surface area contributed by atoms with E-state index in [-0.39, 0.29) is 0 Å². The maximum atomic E-state index is 4.39. The second-order valence-electron chi connectivity index (χ2n) is 5.64. The van der Waals surface area contributed by atoms with E-state index in [0.29, 0.717) is 5.92 Å². The zero-order chi connectivity index (χ0) is 14.5. The zero-order valence-corrected chi connectivity index (χ0v) is 13.8. The van der Waals surface area contributed by atoms with Gasteiger partial charge in [-0.25, -0.2) is 4.98 Å². The molecule has 0 aliphatic rings. The minimum Gasteiger partial charge on any atom is -0.330 e. The molecule has 0 unspecified atom stereocenters. The van der Waals surface area contributed by atoms with Crippen LogP contribution < -0.4 is 5.32 Å². The Morgan fingerprint density at radius 1 is 1.40 bits per heavy atom. The minimum atomic E-state index is 0.702. The molecular formula is C16H25N3S. The van der Waals surface area contributed by atoms with Crippen LogP contribution in [0, 0.1) is 12.8 Å². The van der Waals surface area contributed by atoms with Gasteiger partial charge >= 0.3 is 0 Å². The molecule has 110 valence electrons. The number of imidazole rings is 1. The lowest BCUT2D eigenvalue weighted by molar-refractivity contribution is 0.554. The topological polar surface area (TPSA) is 29.9 Å². The molecule has 0 amide bonds. The normalized spacial score (nSPS) is 11.4. The Morgan fingerprint density at radius 3 is 2.90 bits per heavy atom. The summed E-state index contributed by atoms with van der Waals surface area (Å²) in [6.07, 6.45) is 4.96. The van der Waals surface area contributed by atoms with E-state index in [1.165, 1.54) is 15.3 Å². The van der Waals surface area contributed by atoms with Crippen molar-refractivity contribution in [3.05, 3.63) is 39.6 Å². The predicted molar refractivity (Wildman–Crippen MR) is 86.3 cm³/mol. The number of nitrogens with zero attached hydrogens (tertiary/aromatic N) is 2. The number of aryl methyl sites for hydroxylation is 2. The summed E-state index contributed by atoms with van der Waals surface area (Å²) >= 11 is 1.91. The molecule has 20 heavy (non-hydrogen) atoms. The summed E-state index contributed by atoms with van der Waals surface area (Å²) in [6.45, 7) is 11.8. The highest BCUT2D eigenvalue weighted by atomic mass is 32.1. The first-order valence-electron chi connectivity index (χ1n) is 7.39. The lowest BCUT2D eigenvalue weighted by atomic mass is 10.2. The monoisotopic (exact) mass is 291 g/mol.